The summed E-state index contributed by atoms with van der Waals surface area (Å²) in [5.41, 5.74) is 7.43. The van der Waals surface area contributed by atoms with Gasteiger partial charge in [0.15, 0.2) is 0 Å². The Morgan fingerprint density at radius 1 is 1.00 bits per heavy atom. The van der Waals surface area contributed by atoms with Crippen LogP contribution in [0.4, 0.5) is 0 Å². The van der Waals surface area contributed by atoms with Crippen LogP contribution in [0.25, 0.3) is 11.1 Å². The third kappa shape index (κ3) is 1.07. The standard InChI is InChI=1S/C14H14/c1-10-5-7-12-9-11-3-2-4-13(11)14(12)8-6-10/h5-9H,2-4H2,1H3. The first-order valence-electron chi connectivity index (χ1n) is 5.36. The first kappa shape index (κ1) is 8.05. The molecule has 0 bridgehead atoms. The van der Waals surface area contributed by atoms with E-state index in [0.29, 0.717) is 0 Å². The Labute approximate surface area is 84.9 Å². The average Bonchev–Trinajstić information content (AvgIpc) is 2.67. The number of hydrogen-bond acceptors (Lipinski definition) is 0. The fourth-order valence-electron chi connectivity index (χ4n) is 2.50. The summed E-state index contributed by atoms with van der Waals surface area (Å²) in [4.78, 5) is 0. The van der Waals surface area contributed by atoms with Crippen LogP contribution in [-0.2, 0) is 12.8 Å². The molecule has 0 radical (unpaired) electrons. The van der Waals surface area contributed by atoms with E-state index in [0.717, 1.165) is 0 Å². The summed E-state index contributed by atoms with van der Waals surface area (Å²) >= 11 is 0. The van der Waals surface area contributed by atoms with Gasteiger partial charge in [0, 0.05) is 0 Å². The number of rotatable bonds is 0. The fourth-order valence-corrected chi connectivity index (χ4v) is 2.50. The van der Waals surface area contributed by atoms with Crippen molar-refractivity contribution in [1.82, 2.24) is 0 Å². The van der Waals surface area contributed by atoms with E-state index < -0.39 is 0 Å². The Hall–Kier alpha value is -1.30. The van der Waals surface area contributed by atoms with Crippen LogP contribution < -0.4 is 0 Å². The lowest BCUT2D eigenvalue weighted by atomic mass is 10.1. The van der Waals surface area contributed by atoms with E-state index in [9.17, 15) is 0 Å². The van der Waals surface area contributed by atoms with Crippen LogP contribution in [0.5, 0.6) is 0 Å². The van der Waals surface area contributed by atoms with Gasteiger partial charge in [-0.25, -0.2) is 0 Å². The minimum Gasteiger partial charge on any atom is -0.0587 e. The van der Waals surface area contributed by atoms with Crippen molar-refractivity contribution in [1.29, 1.82) is 0 Å². The van der Waals surface area contributed by atoms with Crippen molar-refractivity contribution in [2.75, 3.05) is 0 Å². The van der Waals surface area contributed by atoms with Crippen LogP contribution in [0.2, 0.25) is 0 Å². The summed E-state index contributed by atoms with van der Waals surface area (Å²) < 4.78 is 0. The van der Waals surface area contributed by atoms with E-state index in [1.165, 1.54) is 36.0 Å². The van der Waals surface area contributed by atoms with Crippen LogP contribution >= 0.6 is 0 Å². The maximum Gasteiger partial charge on any atom is -0.0149 e. The molecule has 0 atom stereocenters. The highest BCUT2D eigenvalue weighted by Crippen LogP contribution is 2.36. The molecular weight excluding hydrogens is 168 g/mol. The fraction of sp³-hybridized carbons (Fsp3) is 0.286. The van der Waals surface area contributed by atoms with Crippen LogP contribution in [0.15, 0.2) is 30.3 Å². The first-order chi connectivity index (χ1) is 6.84. The van der Waals surface area contributed by atoms with Crippen molar-refractivity contribution in [3.63, 3.8) is 0 Å². The zero-order chi connectivity index (χ0) is 9.54. The van der Waals surface area contributed by atoms with Gasteiger partial charge >= 0.3 is 0 Å². The summed E-state index contributed by atoms with van der Waals surface area (Å²) in [5, 5.41) is 0. The Morgan fingerprint density at radius 2 is 1.86 bits per heavy atom. The summed E-state index contributed by atoms with van der Waals surface area (Å²) in [6.45, 7) is 2.15. The quantitative estimate of drug-likeness (QED) is 0.584. The zero-order valence-electron chi connectivity index (χ0n) is 8.51. The zero-order valence-corrected chi connectivity index (χ0v) is 8.51. The molecule has 3 aliphatic rings. The van der Waals surface area contributed by atoms with Crippen LogP contribution in [0, 0.1) is 6.92 Å². The smallest absolute Gasteiger partial charge is 0.0149 e. The summed E-state index contributed by atoms with van der Waals surface area (Å²) in [5.74, 6) is 0. The Balaban J connectivity index is 2.31. The molecule has 0 nitrogen and oxygen atoms in total. The number of hydrogen-bond donors (Lipinski definition) is 0. The van der Waals surface area contributed by atoms with Crippen molar-refractivity contribution < 1.29 is 0 Å². The molecule has 14 heavy (non-hydrogen) atoms. The largest absolute Gasteiger partial charge is 0.0587 e. The van der Waals surface area contributed by atoms with Crippen LogP contribution in [0.3, 0.4) is 0 Å². The SMILES string of the molecule is Cc1ccc2cc3c(c-2cc1)CCC3. The normalized spacial score (nSPS) is 14.6. The molecular formula is C14H14. The van der Waals surface area contributed by atoms with Gasteiger partial charge in [-0.2, -0.15) is 0 Å². The second-order valence-electron chi connectivity index (χ2n) is 4.28. The van der Waals surface area contributed by atoms with Gasteiger partial charge in [0.05, 0.1) is 0 Å². The monoisotopic (exact) mass is 182 g/mol. The summed E-state index contributed by atoms with van der Waals surface area (Å²) in [6.07, 6.45) is 3.91. The van der Waals surface area contributed by atoms with Gasteiger partial charge in [0.25, 0.3) is 0 Å². The van der Waals surface area contributed by atoms with Crippen LogP contribution in [-0.4, -0.2) is 0 Å². The molecule has 0 N–H and O–H groups in total. The van der Waals surface area contributed by atoms with Crippen molar-refractivity contribution in [2.24, 2.45) is 0 Å². The summed E-state index contributed by atoms with van der Waals surface area (Å²) in [7, 11) is 0. The van der Waals surface area contributed by atoms with Crippen molar-refractivity contribution in [3.05, 3.63) is 47.0 Å². The van der Waals surface area contributed by atoms with E-state index in [-0.39, 0.29) is 0 Å². The summed E-state index contributed by atoms with van der Waals surface area (Å²) in [6, 6.07) is 11.3. The highest BCUT2D eigenvalue weighted by Gasteiger charge is 2.18. The van der Waals surface area contributed by atoms with Gasteiger partial charge < -0.3 is 0 Å². The molecule has 0 heteroatoms. The highest BCUT2D eigenvalue weighted by molar-refractivity contribution is 5.74. The molecule has 0 spiro atoms. The van der Waals surface area contributed by atoms with E-state index in [1.54, 1.807) is 11.1 Å². The van der Waals surface area contributed by atoms with Crippen molar-refractivity contribution >= 4 is 0 Å². The number of fused-ring (bicyclic) bond motifs is 3. The second kappa shape index (κ2) is 2.84. The minimum atomic E-state index is 1.28. The Bertz CT molecular complexity index is 454. The van der Waals surface area contributed by atoms with E-state index in [4.69, 9.17) is 0 Å². The van der Waals surface area contributed by atoms with Crippen molar-refractivity contribution in [3.8, 4) is 11.1 Å². The van der Waals surface area contributed by atoms with Gasteiger partial charge in [0.1, 0.15) is 0 Å². The maximum atomic E-state index is 2.37. The molecule has 0 aromatic heterocycles. The molecule has 0 saturated carbocycles. The van der Waals surface area contributed by atoms with Gasteiger partial charge in [-0.3, -0.25) is 0 Å². The molecule has 0 aromatic rings. The second-order valence-corrected chi connectivity index (χ2v) is 4.28. The number of aryl methyl sites for hydroxylation is 2. The average molecular weight is 182 g/mol. The molecule has 0 aliphatic heterocycles. The predicted octanol–water partition coefficient (Wildman–Crippen LogP) is 3.59. The lowest BCUT2D eigenvalue weighted by molar-refractivity contribution is 0.909. The minimum absolute atomic E-state index is 1.28. The molecule has 0 unspecified atom stereocenters. The van der Waals surface area contributed by atoms with E-state index in [1.807, 2.05) is 0 Å². The molecule has 0 heterocycles. The molecule has 70 valence electrons. The molecule has 0 amide bonds. The molecule has 3 aliphatic carbocycles. The van der Waals surface area contributed by atoms with Gasteiger partial charge in [0.2, 0.25) is 0 Å². The third-order valence-corrected chi connectivity index (χ3v) is 3.27. The molecule has 0 saturated heterocycles. The third-order valence-electron chi connectivity index (χ3n) is 3.27. The first-order valence-corrected chi connectivity index (χ1v) is 5.36. The topological polar surface area (TPSA) is 0 Å². The highest BCUT2D eigenvalue weighted by atomic mass is 14.2. The van der Waals surface area contributed by atoms with E-state index in [2.05, 4.69) is 37.3 Å². The van der Waals surface area contributed by atoms with Gasteiger partial charge in [-0.15, -0.1) is 0 Å². The molecule has 3 rings (SSSR count). The van der Waals surface area contributed by atoms with Crippen LogP contribution in [0.1, 0.15) is 23.1 Å². The van der Waals surface area contributed by atoms with E-state index >= 15 is 0 Å². The van der Waals surface area contributed by atoms with Gasteiger partial charge in [-0.1, -0.05) is 35.9 Å². The maximum absolute atomic E-state index is 2.37. The van der Waals surface area contributed by atoms with Crippen molar-refractivity contribution in [2.45, 2.75) is 26.2 Å². The molecule has 0 aromatic carbocycles. The lowest BCUT2D eigenvalue weighted by Gasteiger charge is -1.95. The predicted molar refractivity (Wildman–Crippen MR) is 59.8 cm³/mol. The Morgan fingerprint density at radius 3 is 2.79 bits per heavy atom. The molecule has 0 fully saturated rings. The van der Waals surface area contributed by atoms with Gasteiger partial charge in [-0.05, 0) is 48.4 Å². The Kier molecular flexibility index (Phi) is 1.63. The lowest BCUT2D eigenvalue weighted by Crippen LogP contribution is -1.76.